The topological polar surface area (TPSA) is 49.3 Å². The highest BCUT2D eigenvalue weighted by Crippen LogP contribution is 2.32. The summed E-state index contributed by atoms with van der Waals surface area (Å²) in [5.41, 5.74) is -2.31. The third-order valence-electron chi connectivity index (χ3n) is 2.70. The van der Waals surface area contributed by atoms with Crippen molar-refractivity contribution < 1.29 is 27.5 Å². The van der Waals surface area contributed by atoms with Gasteiger partial charge in [0.1, 0.15) is 11.6 Å². The summed E-state index contributed by atoms with van der Waals surface area (Å²) in [4.78, 5) is 11.8. The minimum Gasteiger partial charge on any atom is -0.506 e. The van der Waals surface area contributed by atoms with Gasteiger partial charge < -0.3 is 10.4 Å². The molecule has 0 aliphatic heterocycles. The molecule has 0 spiro atoms. The Balaban J connectivity index is 2.35. The molecule has 0 aromatic heterocycles. The van der Waals surface area contributed by atoms with E-state index in [-0.39, 0.29) is 11.4 Å². The van der Waals surface area contributed by atoms with Crippen LogP contribution in [0.25, 0.3) is 0 Å². The zero-order valence-electron chi connectivity index (χ0n) is 10.4. The highest BCUT2D eigenvalue weighted by Gasteiger charge is 2.35. The summed E-state index contributed by atoms with van der Waals surface area (Å²) in [6.07, 6.45) is -4.89. The van der Waals surface area contributed by atoms with Gasteiger partial charge in [-0.15, -0.1) is 0 Å². The monoisotopic (exact) mass is 299 g/mol. The Kier molecular flexibility index (Phi) is 3.84. The molecule has 3 nitrogen and oxygen atoms in total. The van der Waals surface area contributed by atoms with Gasteiger partial charge in [0, 0.05) is 0 Å². The molecule has 0 bridgehead atoms. The third-order valence-corrected chi connectivity index (χ3v) is 2.70. The number of carbonyl (C=O) groups is 1. The van der Waals surface area contributed by atoms with Gasteiger partial charge in [-0.2, -0.15) is 13.2 Å². The van der Waals surface area contributed by atoms with Crippen molar-refractivity contribution in [2.75, 3.05) is 5.32 Å². The maximum atomic E-state index is 13.8. The van der Waals surface area contributed by atoms with E-state index in [1.54, 1.807) is 0 Å². The predicted octanol–water partition coefficient (Wildman–Crippen LogP) is 3.80. The van der Waals surface area contributed by atoms with Gasteiger partial charge >= 0.3 is 6.18 Å². The van der Waals surface area contributed by atoms with Crippen molar-refractivity contribution in [2.24, 2.45) is 0 Å². The number of aromatic hydroxyl groups is 1. The molecule has 0 aliphatic carbocycles. The number of hydrogen-bond acceptors (Lipinski definition) is 2. The molecule has 0 fully saturated rings. The van der Waals surface area contributed by atoms with Crippen molar-refractivity contribution in [2.45, 2.75) is 6.18 Å². The predicted molar refractivity (Wildman–Crippen MR) is 67.5 cm³/mol. The lowest BCUT2D eigenvalue weighted by Crippen LogP contribution is -2.17. The molecule has 0 atom stereocenters. The van der Waals surface area contributed by atoms with Crippen molar-refractivity contribution in [1.29, 1.82) is 0 Å². The fourth-order valence-electron chi connectivity index (χ4n) is 1.70. The number of benzene rings is 2. The van der Waals surface area contributed by atoms with Crippen LogP contribution in [-0.4, -0.2) is 11.0 Å². The molecular formula is C14H9F4NO2. The zero-order valence-corrected chi connectivity index (χ0v) is 10.4. The second kappa shape index (κ2) is 5.43. The fourth-order valence-corrected chi connectivity index (χ4v) is 1.70. The largest absolute Gasteiger partial charge is 0.506 e. The Morgan fingerprint density at radius 1 is 1.05 bits per heavy atom. The van der Waals surface area contributed by atoms with E-state index in [9.17, 15) is 27.5 Å². The minimum absolute atomic E-state index is 0.0284. The van der Waals surface area contributed by atoms with E-state index in [1.807, 2.05) is 0 Å². The Hall–Kier alpha value is -2.57. The number of rotatable bonds is 2. The molecule has 0 heterocycles. The third kappa shape index (κ3) is 3.13. The zero-order chi connectivity index (χ0) is 15.6. The molecule has 2 aromatic rings. The Morgan fingerprint density at radius 2 is 1.71 bits per heavy atom. The number of anilines is 1. The standard InChI is InChI=1S/C14H9F4NO2/c15-12-8(4-3-5-9(12)14(16,17)18)13(21)19-10-6-1-2-7-11(10)20/h1-7,20H,(H,19,21). The number of alkyl halides is 3. The van der Waals surface area contributed by atoms with Gasteiger partial charge in [0.2, 0.25) is 0 Å². The first-order chi connectivity index (χ1) is 9.80. The van der Waals surface area contributed by atoms with E-state index in [2.05, 4.69) is 5.32 Å². The SMILES string of the molecule is O=C(Nc1ccccc1O)c1cccc(C(F)(F)F)c1F. The fraction of sp³-hybridized carbons (Fsp3) is 0.0714. The lowest BCUT2D eigenvalue weighted by atomic mass is 10.1. The van der Waals surface area contributed by atoms with Gasteiger partial charge in [-0.25, -0.2) is 4.39 Å². The van der Waals surface area contributed by atoms with Crippen LogP contribution in [0, 0.1) is 5.82 Å². The normalized spacial score (nSPS) is 11.2. The number of carbonyl (C=O) groups excluding carboxylic acids is 1. The maximum Gasteiger partial charge on any atom is 0.419 e. The highest BCUT2D eigenvalue weighted by atomic mass is 19.4. The molecule has 21 heavy (non-hydrogen) atoms. The Morgan fingerprint density at radius 3 is 2.33 bits per heavy atom. The number of hydrogen-bond donors (Lipinski definition) is 2. The molecule has 0 saturated heterocycles. The quantitative estimate of drug-likeness (QED) is 0.654. The van der Waals surface area contributed by atoms with Crippen LogP contribution in [0.1, 0.15) is 15.9 Å². The second-order valence-electron chi connectivity index (χ2n) is 4.14. The molecule has 2 aromatic carbocycles. The summed E-state index contributed by atoms with van der Waals surface area (Å²) in [7, 11) is 0. The van der Waals surface area contributed by atoms with Gasteiger partial charge in [0.15, 0.2) is 0 Å². The van der Waals surface area contributed by atoms with Gasteiger partial charge in [0.05, 0.1) is 16.8 Å². The summed E-state index contributed by atoms with van der Waals surface area (Å²) in [5.74, 6) is -3.02. The minimum atomic E-state index is -4.89. The van der Waals surface area contributed by atoms with Gasteiger partial charge in [-0.1, -0.05) is 18.2 Å². The molecule has 1 amide bonds. The lowest BCUT2D eigenvalue weighted by molar-refractivity contribution is -0.140. The van der Waals surface area contributed by atoms with E-state index in [1.165, 1.54) is 24.3 Å². The molecule has 110 valence electrons. The van der Waals surface area contributed by atoms with Crippen molar-refractivity contribution in [1.82, 2.24) is 0 Å². The molecule has 2 rings (SSSR count). The summed E-state index contributed by atoms with van der Waals surface area (Å²) in [6.45, 7) is 0. The van der Waals surface area contributed by atoms with Crippen LogP contribution in [-0.2, 0) is 6.18 Å². The summed E-state index contributed by atoms with van der Waals surface area (Å²) < 4.78 is 51.5. The molecule has 0 radical (unpaired) electrons. The van der Waals surface area contributed by atoms with Crippen LogP contribution in [0.2, 0.25) is 0 Å². The van der Waals surface area contributed by atoms with Crippen molar-refractivity contribution >= 4 is 11.6 Å². The molecule has 0 aliphatic rings. The van der Waals surface area contributed by atoms with Gasteiger partial charge in [0.25, 0.3) is 5.91 Å². The summed E-state index contributed by atoms with van der Waals surface area (Å²) >= 11 is 0. The van der Waals surface area contributed by atoms with E-state index < -0.39 is 29.0 Å². The van der Waals surface area contributed by atoms with Crippen LogP contribution < -0.4 is 5.32 Å². The van der Waals surface area contributed by atoms with Crippen molar-refractivity contribution in [3.63, 3.8) is 0 Å². The number of nitrogens with one attached hydrogen (secondary N) is 1. The van der Waals surface area contributed by atoms with Crippen LogP contribution >= 0.6 is 0 Å². The number of para-hydroxylation sites is 2. The number of phenolic OH excluding ortho intramolecular Hbond substituents is 1. The first kappa shape index (κ1) is 14.8. The Labute approximate surface area is 116 Å². The number of amides is 1. The van der Waals surface area contributed by atoms with E-state index in [0.717, 1.165) is 12.1 Å². The van der Waals surface area contributed by atoms with Gasteiger partial charge in [-0.05, 0) is 24.3 Å². The molecule has 2 N–H and O–H groups in total. The first-order valence-electron chi connectivity index (χ1n) is 5.76. The number of halogens is 4. The van der Waals surface area contributed by atoms with E-state index >= 15 is 0 Å². The van der Waals surface area contributed by atoms with Crippen LogP contribution in [0.5, 0.6) is 5.75 Å². The molecule has 7 heteroatoms. The van der Waals surface area contributed by atoms with Crippen molar-refractivity contribution in [3.05, 3.63) is 59.4 Å². The molecular weight excluding hydrogens is 290 g/mol. The lowest BCUT2D eigenvalue weighted by Gasteiger charge is -2.11. The molecule has 0 unspecified atom stereocenters. The smallest absolute Gasteiger partial charge is 0.419 e. The van der Waals surface area contributed by atoms with Crippen molar-refractivity contribution in [3.8, 4) is 5.75 Å². The maximum absolute atomic E-state index is 13.8. The first-order valence-corrected chi connectivity index (χ1v) is 5.76. The van der Waals surface area contributed by atoms with E-state index in [4.69, 9.17) is 0 Å². The summed E-state index contributed by atoms with van der Waals surface area (Å²) in [5, 5.41) is 11.6. The average Bonchev–Trinajstić information content (AvgIpc) is 2.40. The Bertz CT molecular complexity index is 683. The average molecular weight is 299 g/mol. The van der Waals surface area contributed by atoms with Crippen LogP contribution in [0.15, 0.2) is 42.5 Å². The van der Waals surface area contributed by atoms with Crippen LogP contribution in [0.4, 0.5) is 23.2 Å². The highest BCUT2D eigenvalue weighted by molar-refractivity contribution is 6.05. The molecule has 0 saturated carbocycles. The second-order valence-corrected chi connectivity index (χ2v) is 4.14. The number of phenols is 1. The van der Waals surface area contributed by atoms with Gasteiger partial charge in [-0.3, -0.25) is 4.79 Å². The van der Waals surface area contributed by atoms with E-state index in [0.29, 0.717) is 6.07 Å². The summed E-state index contributed by atoms with van der Waals surface area (Å²) in [6, 6.07) is 8.02. The van der Waals surface area contributed by atoms with Crippen LogP contribution in [0.3, 0.4) is 0 Å².